The van der Waals surface area contributed by atoms with Gasteiger partial charge < -0.3 is 5.32 Å². The molecule has 138 valence electrons. The van der Waals surface area contributed by atoms with Crippen molar-refractivity contribution in [1.29, 1.82) is 0 Å². The van der Waals surface area contributed by atoms with Gasteiger partial charge >= 0.3 is 0 Å². The molecule has 0 radical (unpaired) electrons. The van der Waals surface area contributed by atoms with Crippen LogP contribution in [0.5, 0.6) is 0 Å². The van der Waals surface area contributed by atoms with Gasteiger partial charge in [0.05, 0.1) is 0 Å². The number of benzene rings is 1. The zero-order chi connectivity index (χ0) is 17.5. The number of nitrogens with one attached hydrogen (secondary N) is 1. The van der Waals surface area contributed by atoms with Crippen molar-refractivity contribution >= 4 is 0 Å². The molecule has 1 aromatic rings. The Morgan fingerprint density at radius 3 is 1.83 bits per heavy atom. The first-order chi connectivity index (χ1) is 11.8. The second-order valence-corrected chi connectivity index (χ2v) is 7.42. The normalized spacial score (nSPS) is 11.1. The second-order valence-electron chi connectivity index (χ2n) is 7.42. The van der Waals surface area contributed by atoms with E-state index in [2.05, 4.69) is 44.3 Å². The minimum atomic E-state index is 1.02. The summed E-state index contributed by atoms with van der Waals surface area (Å²) in [6.45, 7) is 8.90. The lowest BCUT2D eigenvalue weighted by Gasteiger charge is -2.10. The largest absolute Gasteiger partial charge is 0.313 e. The van der Waals surface area contributed by atoms with Crippen LogP contribution in [0.2, 0.25) is 0 Å². The summed E-state index contributed by atoms with van der Waals surface area (Å²) >= 11 is 0. The SMILES string of the molecule is CCCCCCCCCCCCCCNCc1cccc(C)c1C. The molecular formula is C23H41N. The van der Waals surface area contributed by atoms with Gasteiger partial charge in [-0.05, 0) is 43.5 Å². The van der Waals surface area contributed by atoms with Crippen molar-refractivity contribution in [2.75, 3.05) is 6.54 Å². The van der Waals surface area contributed by atoms with Crippen LogP contribution in [0, 0.1) is 13.8 Å². The predicted octanol–water partition coefficient (Wildman–Crippen LogP) is 7.09. The minimum Gasteiger partial charge on any atom is -0.313 e. The lowest BCUT2D eigenvalue weighted by Crippen LogP contribution is -2.15. The maximum absolute atomic E-state index is 3.61. The third kappa shape index (κ3) is 10.1. The molecule has 24 heavy (non-hydrogen) atoms. The maximum Gasteiger partial charge on any atom is 0.0208 e. The zero-order valence-electron chi connectivity index (χ0n) is 16.6. The van der Waals surface area contributed by atoms with Crippen LogP contribution < -0.4 is 5.32 Å². The summed E-state index contributed by atoms with van der Waals surface area (Å²) in [5.41, 5.74) is 4.30. The minimum absolute atomic E-state index is 1.02. The van der Waals surface area contributed by atoms with Crippen molar-refractivity contribution < 1.29 is 0 Å². The van der Waals surface area contributed by atoms with E-state index in [1.165, 1.54) is 93.7 Å². The highest BCUT2D eigenvalue weighted by Gasteiger charge is 1.99. The van der Waals surface area contributed by atoms with Crippen LogP contribution in [-0.2, 0) is 6.54 Å². The Balaban J connectivity index is 1.85. The van der Waals surface area contributed by atoms with E-state index >= 15 is 0 Å². The van der Waals surface area contributed by atoms with E-state index in [9.17, 15) is 0 Å². The van der Waals surface area contributed by atoms with Gasteiger partial charge in [0.1, 0.15) is 0 Å². The van der Waals surface area contributed by atoms with Crippen molar-refractivity contribution in [2.45, 2.75) is 104 Å². The van der Waals surface area contributed by atoms with Gasteiger partial charge in [-0.25, -0.2) is 0 Å². The average molecular weight is 332 g/mol. The van der Waals surface area contributed by atoms with Crippen molar-refractivity contribution in [2.24, 2.45) is 0 Å². The van der Waals surface area contributed by atoms with E-state index in [1.54, 1.807) is 0 Å². The van der Waals surface area contributed by atoms with Crippen molar-refractivity contribution in [3.05, 3.63) is 34.9 Å². The van der Waals surface area contributed by atoms with E-state index in [4.69, 9.17) is 0 Å². The Labute approximate surface area is 151 Å². The molecule has 1 heteroatoms. The lowest BCUT2D eigenvalue weighted by atomic mass is 10.0. The van der Waals surface area contributed by atoms with Crippen LogP contribution >= 0.6 is 0 Å². The van der Waals surface area contributed by atoms with Gasteiger partial charge in [-0.1, -0.05) is 95.8 Å². The Bertz CT molecular complexity index is 410. The Morgan fingerprint density at radius 2 is 1.25 bits per heavy atom. The van der Waals surface area contributed by atoms with Crippen molar-refractivity contribution in [3.8, 4) is 0 Å². The van der Waals surface area contributed by atoms with E-state index in [0.29, 0.717) is 0 Å². The van der Waals surface area contributed by atoms with Crippen LogP contribution in [-0.4, -0.2) is 6.54 Å². The molecule has 1 aromatic carbocycles. The van der Waals surface area contributed by atoms with Crippen LogP contribution in [0.4, 0.5) is 0 Å². The standard InChI is InChI=1S/C23H41N/c1-4-5-6-7-8-9-10-11-12-13-14-15-19-24-20-23-18-16-17-21(2)22(23)3/h16-18,24H,4-15,19-20H2,1-3H3. The number of hydrogen-bond donors (Lipinski definition) is 1. The fraction of sp³-hybridized carbons (Fsp3) is 0.739. The van der Waals surface area contributed by atoms with Gasteiger partial charge in [0.15, 0.2) is 0 Å². The van der Waals surface area contributed by atoms with Crippen molar-refractivity contribution in [1.82, 2.24) is 5.32 Å². The van der Waals surface area contributed by atoms with E-state index in [1.807, 2.05) is 0 Å². The van der Waals surface area contributed by atoms with Crippen molar-refractivity contribution in [3.63, 3.8) is 0 Å². The fourth-order valence-electron chi connectivity index (χ4n) is 3.32. The Morgan fingerprint density at radius 1 is 0.708 bits per heavy atom. The first kappa shape index (κ1) is 21.2. The van der Waals surface area contributed by atoms with Crippen LogP contribution in [0.25, 0.3) is 0 Å². The van der Waals surface area contributed by atoms with E-state index < -0.39 is 0 Å². The number of rotatable bonds is 15. The molecule has 1 N–H and O–H groups in total. The molecule has 0 amide bonds. The van der Waals surface area contributed by atoms with Crippen LogP contribution in [0.1, 0.15) is 101 Å². The number of unbranched alkanes of at least 4 members (excludes halogenated alkanes) is 11. The maximum atomic E-state index is 3.61. The average Bonchev–Trinajstić information content (AvgIpc) is 2.58. The fourth-order valence-corrected chi connectivity index (χ4v) is 3.32. The third-order valence-electron chi connectivity index (χ3n) is 5.24. The van der Waals surface area contributed by atoms with E-state index in [0.717, 1.165) is 13.1 Å². The molecule has 0 aromatic heterocycles. The highest BCUT2D eigenvalue weighted by molar-refractivity contribution is 5.32. The van der Waals surface area contributed by atoms with Gasteiger partial charge in [-0.2, -0.15) is 0 Å². The van der Waals surface area contributed by atoms with Gasteiger partial charge in [0, 0.05) is 6.54 Å². The highest BCUT2D eigenvalue weighted by atomic mass is 14.8. The smallest absolute Gasteiger partial charge is 0.0208 e. The molecular weight excluding hydrogens is 290 g/mol. The molecule has 0 heterocycles. The molecule has 1 nitrogen and oxygen atoms in total. The first-order valence-corrected chi connectivity index (χ1v) is 10.5. The summed E-state index contributed by atoms with van der Waals surface area (Å²) in [7, 11) is 0. The van der Waals surface area contributed by atoms with Gasteiger partial charge in [-0.15, -0.1) is 0 Å². The third-order valence-corrected chi connectivity index (χ3v) is 5.24. The number of aryl methyl sites for hydroxylation is 1. The molecule has 0 bridgehead atoms. The summed E-state index contributed by atoms with van der Waals surface area (Å²) in [6, 6.07) is 6.62. The molecule has 0 aliphatic carbocycles. The van der Waals surface area contributed by atoms with Crippen LogP contribution in [0.3, 0.4) is 0 Å². The molecule has 0 saturated carbocycles. The molecule has 0 atom stereocenters. The summed E-state index contributed by atoms with van der Waals surface area (Å²) in [6.07, 6.45) is 17.1. The quantitative estimate of drug-likeness (QED) is 0.338. The Hall–Kier alpha value is -0.820. The molecule has 0 aliphatic heterocycles. The van der Waals surface area contributed by atoms with Gasteiger partial charge in [-0.3, -0.25) is 0 Å². The summed E-state index contributed by atoms with van der Waals surface area (Å²) in [5, 5.41) is 3.61. The van der Waals surface area contributed by atoms with Crippen LogP contribution in [0.15, 0.2) is 18.2 Å². The number of hydrogen-bond acceptors (Lipinski definition) is 1. The molecule has 0 aliphatic rings. The monoisotopic (exact) mass is 331 g/mol. The summed E-state index contributed by atoms with van der Waals surface area (Å²) < 4.78 is 0. The lowest BCUT2D eigenvalue weighted by molar-refractivity contribution is 0.535. The first-order valence-electron chi connectivity index (χ1n) is 10.5. The zero-order valence-corrected chi connectivity index (χ0v) is 16.6. The molecule has 0 spiro atoms. The highest BCUT2D eigenvalue weighted by Crippen LogP contribution is 2.13. The summed E-state index contributed by atoms with van der Waals surface area (Å²) in [5.74, 6) is 0. The molecule has 0 unspecified atom stereocenters. The molecule has 0 fully saturated rings. The summed E-state index contributed by atoms with van der Waals surface area (Å²) in [4.78, 5) is 0. The predicted molar refractivity (Wildman–Crippen MR) is 109 cm³/mol. The molecule has 0 saturated heterocycles. The topological polar surface area (TPSA) is 12.0 Å². The van der Waals surface area contributed by atoms with Gasteiger partial charge in [0.2, 0.25) is 0 Å². The van der Waals surface area contributed by atoms with E-state index in [-0.39, 0.29) is 0 Å². The molecule has 1 rings (SSSR count). The van der Waals surface area contributed by atoms with Gasteiger partial charge in [0.25, 0.3) is 0 Å². The Kier molecular flexibility index (Phi) is 12.8. The second kappa shape index (κ2) is 14.5.